The molecule has 1 aliphatic carbocycles. The fourth-order valence-electron chi connectivity index (χ4n) is 2.52. The highest BCUT2D eigenvalue weighted by molar-refractivity contribution is 5.73. The maximum absolute atomic E-state index is 6.01. The third-order valence-corrected chi connectivity index (χ3v) is 3.68. The predicted octanol–water partition coefficient (Wildman–Crippen LogP) is 3.67. The molecular formula is C17H21N3O. The molecule has 4 heteroatoms. The molecule has 2 atom stereocenters. The van der Waals surface area contributed by atoms with Crippen LogP contribution in [0.1, 0.15) is 32.2 Å². The van der Waals surface area contributed by atoms with Gasteiger partial charge in [-0.2, -0.15) is 15.0 Å². The molecule has 4 nitrogen and oxygen atoms in total. The molecule has 0 amide bonds. The van der Waals surface area contributed by atoms with E-state index in [9.17, 15) is 0 Å². The zero-order valence-electron chi connectivity index (χ0n) is 12.4. The van der Waals surface area contributed by atoms with Gasteiger partial charge >= 0.3 is 0 Å². The van der Waals surface area contributed by atoms with Crippen LogP contribution in [0.5, 0.6) is 0 Å². The smallest absolute Gasteiger partial charge is 0.120 e. The molecule has 0 saturated carbocycles. The fourth-order valence-corrected chi connectivity index (χ4v) is 2.52. The first-order valence-electron chi connectivity index (χ1n) is 7.66. The van der Waals surface area contributed by atoms with Crippen molar-refractivity contribution in [2.45, 2.75) is 38.3 Å². The summed E-state index contributed by atoms with van der Waals surface area (Å²) < 4.78 is 6.01. The second kappa shape index (κ2) is 6.68. The molecule has 0 radical (unpaired) electrons. The minimum Gasteiger partial charge on any atom is -0.371 e. The van der Waals surface area contributed by atoms with E-state index < -0.39 is 0 Å². The summed E-state index contributed by atoms with van der Waals surface area (Å²) in [5.74, 6) is 0. The number of hydrogen-bond donors (Lipinski definition) is 0. The molecule has 21 heavy (non-hydrogen) atoms. The number of unbranched alkanes of at least 4 members (excludes halogenated alkanes) is 2. The van der Waals surface area contributed by atoms with Gasteiger partial charge in [-0.15, -0.1) is 0 Å². The molecule has 0 spiro atoms. The molecule has 0 fully saturated rings. The van der Waals surface area contributed by atoms with Gasteiger partial charge in [0.05, 0.1) is 0 Å². The van der Waals surface area contributed by atoms with Crippen LogP contribution >= 0.6 is 0 Å². The number of hydrogen-bond acceptors (Lipinski definition) is 3. The third-order valence-electron chi connectivity index (χ3n) is 3.68. The summed E-state index contributed by atoms with van der Waals surface area (Å²) in [6, 6.07) is 7.97. The van der Waals surface area contributed by atoms with Crippen LogP contribution in [0.2, 0.25) is 0 Å². The van der Waals surface area contributed by atoms with Crippen molar-refractivity contribution in [2.75, 3.05) is 6.61 Å². The van der Waals surface area contributed by atoms with Crippen LogP contribution in [-0.4, -0.2) is 27.7 Å². The van der Waals surface area contributed by atoms with E-state index in [4.69, 9.17) is 4.74 Å². The third kappa shape index (κ3) is 3.22. The van der Waals surface area contributed by atoms with Crippen LogP contribution in [0.25, 0.3) is 11.0 Å². The zero-order valence-corrected chi connectivity index (χ0v) is 12.4. The van der Waals surface area contributed by atoms with Gasteiger partial charge in [0, 0.05) is 6.61 Å². The minimum atomic E-state index is 0.00803. The summed E-state index contributed by atoms with van der Waals surface area (Å²) in [4.78, 5) is 1.77. The lowest BCUT2D eigenvalue weighted by molar-refractivity contribution is 0.0512. The molecule has 2 aromatic rings. The number of benzene rings is 1. The zero-order chi connectivity index (χ0) is 14.5. The van der Waals surface area contributed by atoms with Crippen LogP contribution in [0.4, 0.5) is 0 Å². The Kier molecular flexibility index (Phi) is 4.46. The monoisotopic (exact) mass is 283 g/mol. The largest absolute Gasteiger partial charge is 0.371 e. The average Bonchev–Trinajstić information content (AvgIpc) is 2.96. The van der Waals surface area contributed by atoms with Gasteiger partial charge in [-0.1, -0.05) is 56.2 Å². The molecule has 1 aliphatic rings. The first-order valence-corrected chi connectivity index (χ1v) is 7.66. The van der Waals surface area contributed by atoms with E-state index in [0.29, 0.717) is 0 Å². The average molecular weight is 283 g/mol. The van der Waals surface area contributed by atoms with E-state index in [0.717, 1.165) is 24.1 Å². The fraction of sp³-hybridized carbons (Fsp3) is 0.412. The standard InChI is InChI=1S/C17H21N3O/c1-2-3-8-13-21-17-12-7-6-11-16(17)20-18-14-9-4-5-10-15(14)19-20/h4-7,9-12,16-17H,2-3,8,13H2,1H3. The van der Waals surface area contributed by atoms with E-state index >= 15 is 0 Å². The van der Waals surface area contributed by atoms with Crippen molar-refractivity contribution >= 4 is 11.0 Å². The molecule has 110 valence electrons. The van der Waals surface area contributed by atoms with Crippen LogP contribution in [0.3, 0.4) is 0 Å². The maximum atomic E-state index is 6.01. The van der Waals surface area contributed by atoms with Crippen molar-refractivity contribution in [1.82, 2.24) is 15.0 Å². The Morgan fingerprint density at radius 1 is 1.05 bits per heavy atom. The Balaban J connectivity index is 1.74. The number of ether oxygens (including phenoxy) is 1. The minimum absolute atomic E-state index is 0.00803. The number of rotatable bonds is 6. The Bertz CT molecular complexity index is 611. The summed E-state index contributed by atoms with van der Waals surface area (Å²) in [6.45, 7) is 2.99. The second-order valence-electron chi connectivity index (χ2n) is 5.31. The Morgan fingerprint density at radius 3 is 2.48 bits per heavy atom. The number of nitrogens with zero attached hydrogens (tertiary/aromatic N) is 3. The van der Waals surface area contributed by atoms with Gasteiger partial charge in [0.25, 0.3) is 0 Å². The van der Waals surface area contributed by atoms with E-state index in [2.05, 4.69) is 29.3 Å². The van der Waals surface area contributed by atoms with E-state index in [1.54, 1.807) is 4.80 Å². The summed E-state index contributed by atoms with van der Waals surface area (Å²) in [6.07, 6.45) is 11.8. The molecule has 0 saturated heterocycles. The Labute approximate surface area is 125 Å². The Hall–Kier alpha value is -1.94. The molecule has 0 aliphatic heterocycles. The van der Waals surface area contributed by atoms with Gasteiger partial charge < -0.3 is 4.74 Å². The SMILES string of the molecule is CCCCCOC1C=CC=CC1n1nc2ccccc2n1. The lowest BCUT2D eigenvalue weighted by atomic mass is 10.1. The van der Waals surface area contributed by atoms with Gasteiger partial charge in [0.15, 0.2) is 0 Å². The number of aromatic nitrogens is 3. The molecule has 1 aromatic carbocycles. The van der Waals surface area contributed by atoms with Crippen molar-refractivity contribution in [2.24, 2.45) is 0 Å². The molecular weight excluding hydrogens is 262 g/mol. The molecule has 0 bridgehead atoms. The van der Waals surface area contributed by atoms with Crippen molar-refractivity contribution in [3.63, 3.8) is 0 Å². The van der Waals surface area contributed by atoms with Gasteiger partial charge in [-0.3, -0.25) is 0 Å². The van der Waals surface area contributed by atoms with Gasteiger partial charge in [0.2, 0.25) is 0 Å². The lowest BCUT2D eigenvalue weighted by Gasteiger charge is -2.23. The van der Waals surface area contributed by atoms with Gasteiger partial charge in [0.1, 0.15) is 23.2 Å². The summed E-state index contributed by atoms with van der Waals surface area (Å²) in [5, 5.41) is 9.14. The first-order chi connectivity index (χ1) is 10.4. The topological polar surface area (TPSA) is 39.9 Å². The summed E-state index contributed by atoms with van der Waals surface area (Å²) in [7, 11) is 0. The van der Waals surface area contributed by atoms with Crippen molar-refractivity contribution in [3.05, 3.63) is 48.6 Å². The molecule has 1 heterocycles. The Morgan fingerprint density at radius 2 is 1.76 bits per heavy atom. The maximum Gasteiger partial charge on any atom is 0.120 e. The van der Waals surface area contributed by atoms with Crippen LogP contribution in [-0.2, 0) is 4.74 Å². The normalized spacial score (nSPS) is 21.2. The highest BCUT2D eigenvalue weighted by Gasteiger charge is 2.23. The van der Waals surface area contributed by atoms with Crippen molar-refractivity contribution < 1.29 is 4.74 Å². The van der Waals surface area contributed by atoms with Crippen LogP contribution < -0.4 is 0 Å². The number of fused-ring (bicyclic) bond motifs is 1. The highest BCUT2D eigenvalue weighted by atomic mass is 16.5. The molecule has 1 aromatic heterocycles. The van der Waals surface area contributed by atoms with Crippen molar-refractivity contribution in [1.29, 1.82) is 0 Å². The second-order valence-corrected chi connectivity index (χ2v) is 5.31. The van der Waals surface area contributed by atoms with Crippen LogP contribution in [0, 0.1) is 0 Å². The van der Waals surface area contributed by atoms with Gasteiger partial charge in [-0.25, -0.2) is 0 Å². The molecule has 3 rings (SSSR count). The predicted molar refractivity (Wildman–Crippen MR) is 84.1 cm³/mol. The van der Waals surface area contributed by atoms with Crippen LogP contribution in [0.15, 0.2) is 48.6 Å². The highest BCUT2D eigenvalue weighted by Crippen LogP contribution is 2.22. The lowest BCUT2D eigenvalue weighted by Crippen LogP contribution is -2.27. The first kappa shape index (κ1) is 14.0. The van der Waals surface area contributed by atoms with Crippen molar-refractivity contribution in [3.8, 4) is 0 Å². The van der Waals surface area contributed by atoms with E-state index in [-0.39, 0.29) is 12.1 Å². The number of allylic oxidation sites excluding steroid dienone is 2. The van der Waals surface area contributed by atoms with E-state index in [1.807, 2.05) is 36.4 Å². The van der Waals surface area contributed by atoms with Gasteiger partial charge in [-0.05, 0) is 18.6 Å². The molecule has 2 unspecified atom stereocenters. The summed E-state index contributed by atoms with van der Waals surface area (Å²) >= 11 is 0. The summed E-state index contributed by atoms with van der Waals surface area (Å²) in [5.41, 5.74) is 1.84. The molecule has 0 N–H and O–H groups in total. The quantitative estimate of drug-likeness (QED) is 0.759. The van der Waals surface area contributed by atoms with E-state index in [1.165, 1.54) is 12.8 Å².